The lowest BCUT2D eigenvalue weighted by Crippen LogP contribution is -2.42. The standard InChI is InChI=1S/C32H56N4O6/c1-6-33-30(40)19-18-29(39)26(15-11-12-22-36(7-2)23(3)4)35-32(42)20-16-27(37)24(5)34-31(41)21-17-28(38)25-13-9-8-10-14-25/h23-26H,6-22H2,1-5H3,(H,33,40)(H,34,41)(H,35,42)/t24-,26-/m0/s1. The highest BCUT2D eigenvalue weighted by molar-refractivity contribution is 5.94. The molecular formula is C32H56N4O6. The number of carbonyl (C=O) groups excluding carboxylic acids is 6. The van der Waals surface area contributed by atoms with Gasteiger partial charge in [-0.25, -0.2) is 0 Å². The minimum absolute atomic E-state index is 0.0368. The second-order valence-corrected chi connectivity index (χ2v) is 11.8. The average Bonchev–Trinajstić information content (AvgIpc) is 2.97. The number of hydrogen-bond acceptors (Lipinski definition) is 7. The van der Waals surface area contributed by atoms with E-state index in [9.17, 15) is 28.8 Å². The minimum atomic E-state index is -0.771. The van der Waals surface area contributed by atoms with Crippen molar-refractivity contribution < 1.29 is 28.8 Å². The molecule has 1 aliphatic rings. The highest BCUT2D eigenvalue weighted by atomic mass is 16.2. The van der Waals surface area contributed by atoms with Crippen molar-refractivity contribution in [2.75, 3.05) is 19.6 Å². The molecule has 2 atom stereocenters. The van der Waals surface area contributed by atoms with Crippen LogP contribution < -0.4 is 16.0 Å². The minimum Gasteiger partial charge on any atom is -0.356 e. The molecule has 0 saturated heterocycles. The van der Waals surface area contributed by atoms with Gasteiger partial charge in [0.15, 0.2) is 11.6 Å². The van der Waals surface area contributed by atoms with E-state index in [-0.39, 0.29) is 73.6 Å². The van der Waals surface area contributed by atoms with Crippen LogP contribution in [0.5, 0.6) is 0 Å². The maximum absolute atomic E-state index is 12.9. The van der Waals surface area contributed by atoms with Crippen LogP contribution in [0, 0.1) is 5.92 Å². The zero-order valence-corrected chi connectivity index (χ0v) is 26.7. The fourth-order valence-electron chi connectivity index (χ4n) is 5.43. The average molecular weight is 593 g/mol. The summed E-state index contributed by atoms with van der Waals surface area (Å²) in [5.74, 6) is -1.26. The molecular weight excluding hydrogens is 536 g/mol. The summed E-state index contributed by atoms with van der Waals surface area (Å²) in [6, 6.07) is -1.06. The summed E-state index contributed by atoms with van der Waals surface area (Å²) in [7, 11) is 0. The van der Waals surface area contributed by atoms with Crippen molar-refractivity contribution in [3.8, 4) is 0 Å². The first-order chi connectivity index (χ1) is 20.0. The van der Waals surface area contributed by atoms with Crippen molar-refractivity contribution in [1.29, 1.82) is 0 Å². The molecule has 1 aliphatic carbocycles. The zero-order chi connectivity index (χ0) is 31.5. The molecule has 0 aromatic rings. The summed E-state index contributed by atoms with van der Waals surface area (Å²) in [6.07, 6.45) is 7.33. The van der Waals surface area contributed by atoms with Gasteiger partial charge in [-0.2, -0.15) is 0 Å². The monoisotopic (exact) mass is 592 g/mol. The number of carbonyl (C=O) groups is 6. The number of ketones is 3. The van der Waals surface area contributed by atoms with Crippen LogP contribution in [0.4, 0.5) is 0 Å². The predicted molar refractivity (Wildman–Crippen MR) is 164 cm³/mol. The van der Waals surface area contributed by atoms with Crippen LogP contribution in [0.25, 0.3) is 0 Å². The number of amides is 3. The van der Waals surface area contributed by atoms with E-state index in [2.05, 4.69) is 41.6 Å². The second-order valence-electron chi connectivity index (χ2n) is 11.8. The molecule has 0 aliphatic heterocycles. The largest absolute Gasteiger partial charge is 0.356 e. The summed E-state index contributed by atoms with van der Waals surface area (Å²) < 4.78 is 0. The van der Waals surface area contributed by atoms with Crippen LogP contribution in [-0.2, 0) is 28.8 Å². The Hall–Kier alpha value is -2.62. The third kappa shape index (κ3) is 15.6. The van der Waals surface area contributed by atoms with Gasteiger partial charge < -0.3 is 20.9 Å². The third-order valence-electron chi connectivity index (χ3n) is 8.14. The van der Waals surface area contributed by atoms with Crippen molar-refractivity contribution >= 4 is 35.1 Å². The van der Waals surface area contributed by atoms with E-state index in [1.807, 2.05) is 6.92 Å². The van der Waals surface area contributed by atoms with Gasteiger partial charge in [0.25, 0.3) is 0 Å². The number of Topliss-reactive ketones (excluding diaryl/α,β-unsaturated/α-hetero) is 3. The number of nitrogens with zero attached hydrogens (tertiary/aromatic N) is 1. The van der Waals surface area contributed by atoms with E-state index in [1.165, 1.54) is 0 Å². The van der Waals surface area contributed by atoms with E-state index in [0.717, 1.165) is 58.0 Å². The van der Waals surface area contributed by atoms with Crippen molar-refractivity contribution in [3.05, 3.63) is 0 Å². The van der Waals surface area contributed by atoms with Crippen LogP contribution in [0.15, 0.2) is 0 Å². The molecule has 0 heterocycles. The quantitative estimate of drug-likeness (QED) is 0.163. The summed E-state index contributed by atoms with van der Waals surface area (Å²) in [4.78, 5) is 77.1. The summed E-state index contributed by atoms with van der Waals surface area (Å²) >= 11 is 0. The molecule has 42 heavy (non-hydrogen) atoms. The fraction of sp³-hybridized carbons (Fsp3) is 0.812. The summed E-state index contributed by atoms with van der Waals surface area (Å²) in [5, 5.41) is 8.11. The SMILES string of the molecule is CCNC(=O)CCC(=O)[C@H](CCCCN(CC)C(C)C)NC(=O)CCC(=O)[C@H](C)NC(=O)CCC(=O)C1CCCCC1. The Balaban J connectivity index is 2.53. The zero-order valence-electron chi connectivity index (χ0n) is 26.7. The molecule has 3 N–H and O–H groups in total. The Kier molecular flexibility index (Phi) is 18.8. The van der Waals surface area contributed by atoms with E-state index in [1.54, 1.807) is 6.92 Å². The number of nitrogens with one attached hydrogen (secondary N) is 3. The number of rotatable bonds is 22. The first kappa shape index (κ1) is 37.4. The summed E-state index contributed by atoms with van der Waals surface area (Å²) in [5.41, 5.74) is 0. The molecule has 10 nitrogen and oxygen atoms in total. The molecule has 0 unspecified atom stereocenters. The molecule has 240 valence electrons. The van der Waals surface area contributed by atoms with Crippen molar-refractivity contribution in [3.63, 3.8) is 0 Å². The highest BCUT2D eigenvalue weighted by Crippen LogP contribution is 2.25. The Bertz CT molecular complexity index is 884. The molecule has 10 heteroatoms. The first-order valence-electron chi connectivity index (χ1n) is 16.2. The molecule has 0 aromatic carbocycles. The van der Waals surface area contributed by atoms with Gasteiger partial charge in [-0.15, -0.1) is 0 Å². The molecule has 1 saturated carbocycles. The predicted octanol–water partition coefficient (Wildman–Crippen LogP) is 3.64. The molecule has 0 aromatic heterocycles. The van der Waals surface area contributed by atoms with Crippen LogP contribution >= 0.6 is 0 Å². The molecule has 0 spiro atoms. The lowest BCUT2D eigenvalue weighted by atomic mass is 9.85. The van der Waals surface area contributed by atoms with Gasteiger partial charge >= 0.3 is 0 Å². The van der Waals surface area contributed by atoms with Crippen molar-refractivity contribution in [1.82, 2.24) is 20.9 Å². The maximum Gasteiger partial charge on any atom is 0.221 e. The Morgan fingerprint density at radius 3 is 1.93 bits per heavy atom. The van der Waals surface area contributed by atoms with Gasteiger partial charge in [0.2, 0.25) is 17.7 Å². The third-order valence-corrected chi connectivity index (χ3v) is 8.14. The topological polar surface area (TPSA) is 142 Å². The molecule has 0 radical (unpaired) electrons. The maximum atomic E-state index is 12.9. The molecule has 1 rings (SSSR count). The smallest absolute Gasteiger partial charge is 0.221 e. The Morgan fingerprint density at radius 1 is 0.714 bits per heavy atom. The molecule has 1 fully saturated rings. The Morgan fingerprint density at radius 2 is 1.31 bits per heavy atom. The second kappa shape index (κ2) is 21.1. The van der Waals surface area contributed by atoms with Gasteiger partial charge in [-0.3, -0.25) is 28.8 Å². The number of hydrogen-bond donors (Lipinski definition) is 3. The normalized spacial score (nSPS) is 15.2. The van der Waals surface area contributed by atoms with E-state index < -0.39 is 18.0 Å². The molecule has 0 bridgehead atoms. The van der Waals surface area contributed by atoms with Crippen molar-refractivity contribution in [2.45, 2.75) is 143 Å². The van der Waals surface area contributed by atoms with Crippen LogP contribution in [-0.4, -0.2) is 77.7 Å². The van der Waals surface area contributed by atoms with Crippen LogP contribution in [0.3, 0.4) is 0 Å². The van der Waals surface area contributed by atoms with E-state index >= 15 is 0 Å². The van der Waals surface area contributed by atoms with Crippen LogP contribution in [0.2, 0.25) is 0 Å². The van der Waals surface area contributed by atoms with Gasteiger partial charge in [0.05, 0.1) is 12.1 Å². The number of unbranched alkanes of at least 4 members (excludes halogenated alkanes) is 1. The van der Waals surface area contributed by atoms with E-state index in [4.69, 9.17) is 0 Å². The van der Waals surface area contributed by atoms with Crippen molar-refractivity contribution in [2.24, 2.45) is 5.92 Å². The fourth-order valence-corrected chi connectivity index (χ4v) is 5.43. The highest BCUT2D eigenvalue weighted by Gasteiger charge is 2.24. The lowest BCUT2D eigenvalue weighted by Gasteiger charge is -2.25. The first-order valence-corrected chi connectivity index (χ1v) is 16.2. The summed E-state index contributed by atoms with van der Waals surface area (Å²) in [6.45, 7) is 12.1. The van der Waals surface area contributed by atoms with Gasteiger partial charge in [0, 0.05) is 57.0 Å². The molecule has 3 amide bonds. The van der Waals surface area contributed by atoms with Gasteiger partial charge in [0.1, 0.15) is 5.78 Å². The van der Waals surface area contributed by atoms with E-state index in [0.29, 0.717) is 19.0 Å². The van der Waals surface area contributed by atoms with Crippen LogP contribution in [0.1, 0.15) is 125 Å². The lowest BCUT2D eigenvalue weighted by molar-refractivity contribution is -0.131. The van der Waals surface area contributed by atoms with Gasteiger partial charge in [-0.1, -0.05) is 26.2 Å². The Labute approximate surface area is 252 Å². The van der Waals surface area contributed by atoms with Gasteiger partial charge in [-0.05, 0) is 72.9 Å².